The Morgan fingerprint density at radius 2 is 1.79 bits per heavy atom. The molecule has 0 saturated carbocycles. The lowest BCUT2D eigenvalue weighted by molar-refractivity contribution is -0.121. The summed E-state index contributed by atoms with van der Waals surface area (Å²) in [6.07, 6.45) is 0.366. The van der Waals surface area contributed by atoms with E-state index >= 15 is 0 Å². The molecule has 1 aliphatic rings. The van der Waals surface area contributed by atoms with E-state index in [1.54, 1.807) is 18.2 Å². The van der Waals surface area contributed by atoms with E-state index in [2.05, 4.69) is 5.32 Å². The number of piperidine rings is 1. The van der Waals surface area contributed by atoms with E-state index in [1.807, 2.05) is 36.2 Å². The molecular formula is C24H27N3O5S2. The SMILES string of the molecule is CN1CCC(C(N)=O)(S(=O)(=O)c2ccc(SCCNC(=O)c3cc4ccccc4o3)cc2)CC1. The number of rotatable bonds is 8. The van der Waals surface area contributed by atoms with Crippen LogP contribution in [0.4, 0.5) is 0 Å². The van der Waals surface area contributed by atoms with Gasteiger partial charge in [-0.15, -0.1) is 11.8 Å². The number of hydrogen-bond donors (Lipinski definition) is 2. The van der Waals surface area contributed by atoms with E-state index < -0.39 is 20.5 Å². The molecule has 2 heterocycles. The van der Waals surface area contributed by atoms with E-state index in [0.717, 1.165) is 10.3 Å². The highest BCUT2D eigenvalue weighted by molar-refractivity contribution is 7.99. The Hall–Kier alpha value is -2.82. The number of nitrogens with zero attached hydrogens (tertiary/aromatic N) is 1. The van der Waals surface area contributed by atoms with Crippen LogP contribution in [0.15, 0.2) is 68.8 Å². The molecule has 0 aliphatic carbocycles. The first kappa shape index (κ1) is 24.3. The summed E-state index contributed by atoms with van der Waals surface area (Å²) >= 11 is 1.48. The fraction of sp³-hybridized carbons (Fsp3) is 0.333. The third kappa shape index (κ3) is 4.70. The summed E-state index contributed by atoms with van der Waals surface area (Å²) in [6, 6.07) is 15.6. The number of thioether (sulfide) groups is 1. The van der Waals surface area contributed by atoms with Gasteiger partial charge in [0.25, 0.3) is 5.91 Å². The summed E-state index contributed by atoms with van der Waals surface area (Å²) in [5.41, 5.74) is 6.25. The Kier molecular flexibility index (Phi) is 7.01. The van der Waals surface area contributed by atoms with Crippen LogP contribution >= 0.6 is 11.8 Å². The second-order valence-corrected chi connectivity index (χ2v) is 11.8. The first-order valence-corrected chi connectivity index (χ1v) is 13.4. The molecule has 180 valence electrons. The summed E-state index contributed by atoms with van der Waals surface area (Å²) in [7, 11) is -2.03. The molecule has 10 heteroatoms. The number of nitrogens with one attached hydrogen (secondary N) is 1. The van der Waals surface area contributed by atoms with Gasteiger partial charge < -0.3 is 20.4 Å². The minimum Gasteiger partial charge on any atom is -0.451 e. The molecule has 4 rings (SSSR count). The van der Waals surface area contributed by atoms with Crippen LogP contribution in [0.25, 0.3) is 11.0 Å². The second kappa shape index (κ2) is 9.81. The molecule has 1 saturated heterocycles. The fourth-order valence-corrected chi connectivity index (χ4v) is 6.78. The van der Waals surface area contributed by atoms with E-state index in [0.29, 0.717) is 31.0 Å². The van der Waals surface area contributed by atoms with Gasteiger partial charge in [0.2, 0.25) is 5.91 Å². The van der Waals surface area contributed by atoms with Gasteiger partial charge in [-0.05, 0) is 69.4 Å². The minimum absolute atomic E-state index is 0.0957. The van der Waals surface area contributed by atoms with Crippen molar-refractivity contribution in [1.82, 2.24) is 10.2 Å². The predicted octanol–water partition coefficient (Wildman–Crippen LogP) is 2.68. The Balaban J connectivity index is 1.34. The maximum absolute atomic E-state index is 13.3. The van der Waals surface area contributed by atoms with Crippen LogP contribution in [-0.4, -0.2) is 62.3 Å². The normalized spacial score (nSPS) is 16.4. The Morgan fingerprint density at radius 3 is 2.44 bits per heavy atom. The van der Waals surface area contributed by atoms with Gasteiger partial charge in [0, 0.05) is 22.6 Å². The monoisotopic (exact) mass is 501 g/mol. The smallest absolute Gasteiger partial charge is 0.287 e. The molecule has 0 atom stereocenters. The van der Waals surface area contributed by atoms with Crippen molar-refractivity contribution in [2.24, 2.45) is 5.73 Å². The van der Waals surface area contributed by atoms with Gasteiger partial charge in [-0.1, -0.05) is 18.2 Å². The number of para-hydroxylation sites is 1. The number of furan rings is 1. The van der Waals surface area contributed by atoms with Gasteiger partial charge >= 0.3 is 0 Å². The zero-order chi connectivity index (χ0) is 24.3. The molecule has 1 aromatic heterocycles. The van der Waals surface area contributed by atoms with Crippen molar-refractivity contribution in [3.05, 3.63) is 60.4 Å². The lowest BCUT2D eigenvalue weighted by Gasteiger charge is -2.37. The van der Waals surface area contributed by atoms with Crippen molar-refractivity contribution < 1.29 is 22.4 Å². The third-order valence-corrected chi connectivity index (χ3v) is 9.74. The molecule has 2 amide bonds. The highest BCUT2D eigenvalue weighted by Crippen LogP contribution is 2.35. The maximum atomic E-state index is 13.3. The summed E-state index contributed by atoms with van der Waals surface area (Å²) in [4.78, 5) is 27.5. The van der Waals surface area contributed by atoms with Crippen LogP contribution in [0.5, 0.6) is 0 Å². The Morgan fingerprint density at radius 1 is 1.12 bits per heavy atom. The lowest BCUT2D eigenvalue weighted by atomic mass is 9.95. The molecule has 0 radical (unpaired) electrons. The molecule has 3 aromatic rings. The van der Waals surface area contributed by atoms with Crippen molar-refractivity contribution in [3.63, 3.8) is 0 Å². The van der Waals surface area contributed by atoms with Crippen molar-refractivity contribution in [2.45, 2.75) is 27.4 Å². The number of hydrogen-bond acceptors (Lipinski definition) is 7. The molecule has 1 fully saturated rings. The van der Waals surface area contributed by atoms with Crippen molar-refractivity contribution in [1.29, 1.82) is 0 Å². The number of benzene rings is 2. The number of fused-ring (bicyclic) bond motifs is 1. The van der Waals surface area contributed by atoms with Gasteiger partial charge in [0.15, 0.2) is 20.3 Å². The predicted molar refractivity (Wildman–Crippen MR) is 132 cm³/mol. The quantitative estimate of drug-likeness (QED) is 0.359. The van der Waals surface area contributed by atoms with Crippen LogP contribution < -0.4 is 11.1 Å². The third-order valence-electron chi connectivity index (χ3n) is 6.20. The summed E-state index contributed by atoms with van der Waals surface area (Å²) in [6.45, 7) is 1.41. The number of sulfone groups is 1. The molecule has 8 nitrogen and oxygen atoms in total. The van der Waals surface area contributed by atoms with Crippen molar-refractivity contribution >= 4 is 44.4 Å². The standard InChI is InChI=1S/C24H27N3O5S2/c1-27-13-10-24(11-14-27,23(25)29)34(30,31)19-8-6-18(7-9-19)33-15-12-26-22(28)21-16-17-4-2-3-5-20(17)32-21/h2-9,16H,10-15H2,1H3,(H2,25,29)(H,26,28). The number of nitrogens with two attached hydrogens (primary N) is 1. The first-order valence-electron chi connectivity index (χ1n) is 11.0. The fourth-order valence-electron chi connectivity index (χ4n) is 4.08. The highest BCUT2D eigenvalue weighted by Gasteiger charge is 2.51. The van der Waals surface area contributed by atoms with Gasteiger partial charge in [0.05, 0.1) is 4.90 Å². The van der Waals surface area contributed by atoms with Crippen LogP contribution in [0.1, 0.15) is 23.4 Å². The van der Waals surface area contributed by atoms with Crippen molar-refractivity contribution in [2.75, 3.05) is 32.4 Å². The molecule has 2 aromatic carbocycles. The van der Waals surface area contributed by atoms with E-state index in [1.165, 1.54) is 23.9 Å². The molecule has 0 bridgehead atoms. The molecule has 1 aliphatic heterocycles. The topological polar surface area (TPSA) is 123 Å². The molecule has 34 heavy (non-hydrogen) atoms. The number of amides is 2. The number of likely N-dealkylation sites (tertiary alicyclic amines) is 1. The second-order valence-electron chi connectivity index (χ2n) is 8.39. The zero-order valence-corrected chi connectivity index (χ0v) is 20.5. The molecular weight excluding hydrogens is 474 g/mol. The molecule has 0 spiro atoms. The van der Waals surface area contributed by atoms with E-state index in [9.17, 15) is 18.0 Å². The van der Waals surface area contributed by atoms with E-state index in [4.69, 9.17) is 10.2 Å². The largest absolute Gasteiger partial charge is 0.451 e. The average Bonchev–Trinajstić information content (AvgIpc) is 3.27. The summed E-state index contributed by atoms with van der Waals surface area (Å²) in [5, 5.41) is 3.70. The van der Waals surface area contributed by atoms with Crippen LogP contribution in [0.2, 0.25) is 0 Å². The highest BCUT2D eigenvalue weighted by atomic mass is 32.2. The molecule has 0 unspecified atom stereocenters. The number of carbonyl (C=O) groups excluding carboxylic acids is 2. The average molecular weight is 502 g/mol. The van der Waals surface area contributed by atoms with Gasteiger partial charge in [-0.3, -0.25) is 9.59 Å². The molecule has 3 N–H and O–H groups in total. The minimum atomic E-state index is -3.92. The van der Waals surface area contributed by atoms with Crippen LogP contribution in [-0.2, 0) is 14.6 Å². The van der Waals surface area contributed by atoms with Gasteiger partial charge in [-0.2, -0.15) is 0 Å². The van der Waals surface area contributed by atoms with Crippen molar-refractivity contribution in [3.8, 4) is 0 Å². The van der Waals surface area contributed by atoms with E-state index in [-0.39, 0.29) is 29.4 Å². The summed E-state index contributed by atoms with van der Waals surface area (Å²) in [5.74, 6) is -0.222. The van der Waals surface area contributed by atoms with Crippen LogP contribution in [0.3, 0.4) is 0 Å². The zero-order valence-electron chi connectivity index (χ0n) is 18.8. The van der Waals surface area contributed by atoms with Gasteiger partial charge in [-0.25, -0.2) is 8.42 Å². The summed E-state index contributed by atoms with van der Waals surface area (Å²) < 4.78 is 30.6. The number of primary amides is 1. The first-order chi connectivity index (χ1) is 16.2. The Labute approximate surface area is 202 Å². The van der Waals surface area contributed by atoms with Crippen LogP contribution in [0, 0.1) is 0 Å². The Bertz CT molecular complexity index is 1260. The maximum Gasteiger partial charge on any atom is 0.287 e. The lowest BCUT2D eigenvalue weighted by Crippen LogP contribution is -2.56. The van der Waals surface area contributed by atoms with Gasteiger partial charge in [0.1, 0.15) is 5.58 Å². The number of carbonyl (C=O) groups is 2.